The van der Waals surface area contributed by atoms with E-state index in [1.54, 1.807) is 18.5 Å². The SMILES string of the molecule is O=C(N[C@H](c1ccccn1)C1CC(O)C1)c1ccc2ncccc2c1. The molecule has 1 atom stereocenters. The van der Waals surface area contributed by atoms with Crippen LogP contribution in [0.2, 0.25) is 0 Å². The van der Waals surface area contributed by atoms with E-state index in [9.17, 15) is 9.90 Å². The van der Waals surface area contributed by atoms with Gasteiger partial charge in [0, 0.05) is 23.3 Å². The molecule has 1 fully saturated rings. The molecule has 1 aliphatic carbocycles. The van der Waals surface area contributed by atoms with Crippen LogP contribution in [-0.2, 0) is 0 Å². The number of nitrogens with one attached hydrogen (secondary N) is 1. The summed E-state index contributed by atoms with van der Waals surface area (Å²) in [7, 11) is 0. The van der Waals surface area contributed by atoms with Crippen molar-refractivity contribution in [3.05, 3.63) is 72.2 Å². The third-order valence-electron chi connectivity index (χ3n) is 4.78. The number of hydrogen-bond acceptors (Lipinski definition) is 4. The predicted octanol–water partition coefficient (Wildman–Crippen LogP) is 2.87. The summed E-state index contributed by atoms with van der Waals surface area (Å²) >= 11 is 0. The molecule has 2 heterocycles. The highest BCUT2D eigenvalue weighted by molar-refractivity contribution is 5.98. The van der Waals surface area contributed by atoms with Crippen LogP contribution in [0.5, 0.6) is 0 Å². The topological polar surface area (TPSA) is 75.1 Å². The number of pyridine rings is 2. The summed E-state index contributed by atoms with van der Waals surface area (Å²) < 4.78 is 0. The number of hydrogen-bond donors (Lipinski definition) is 2. The molecule has 2 aromatic heterocycles. The van der Waals surface area contributed by atoms with Gasteiger partial charge in [0.25, 0.3) is 5.91 Å². The van der Waals surface area contributed by atoms with Crippen LogP contribution in [0.15, 0.2) is 60.9 Å². The first-order valence-electron chi connectivity index (χ1n) is 8.45. The normalized spacial score (nSPS) is 20.7. The molecule has 0 radical (unpaired) electrons. The van der Waals surface area contributed by atoms with Crippen molar-refractivity contribution >= 4 is 16.8 Å². The summed E-state index contributed by atoms with van der Waals surface area (Å²) in [6.45, 7) is 0. The van der Waals surface area contributed by atoms with Gasteiger partial charge in [0.1, 0.15) is 0 Å². The molecule has 25 heavy (non-hydrogen) atoms. The standard InChI is InChI=1S/C20H19N3O2/c24-16-11-15(12-16)19(18-5-1-2-8-22-18)23-20(25)14-6-7-17-13(10-14)4-3-9-21-17/h1-10,15-16,19,24H,11-12H2,(H,23,25)/t15?,16?,19-/m0/s1. The minimum absolute atomic E-state index is 0.136. The molecule has 0 aliphatic heterocycles. The molecule has 5 nitrogen and oxygen atoms in total. The molecule has 1 saturated carbocycles. The van der Waals surface area contributed by atoms with Gasteiger partial charge in [0.2, 0.25) is 0 Å². The Morgan fingerprint density at radius 1 is 1.08 bits per heavy atom. The molecule has 4 rings (SSSR count). The maximum Gasteiger partial charge on any atom is 0.251 e. The number of amides is 1. The molecule has 5 heteroatoms. The number of aromatic nitrogens is 2. The van der Waals surface area contributed by atoms with Crippen LogP contribution in [0.1, 0.15) is 34.9 Å². The van der Waals surface area contributed by atoms with Gasteiger partial charge in [-0.15, -0.1) is 0 Å². The van der Waals surface area contributed by atoms with Gasteiger partial charge in [-0.3, -0.25) is 14.8 Å². The lowest BCUT2D eigenvalue weighted by Gasteiger charge is -2.37. The number of carbonyl (C=O) groups excluding carboxylic acids is 1. The molecule has 126 valence electrons. The van der Waals surface area contributed by atoms with Crippen molar-refractivity contribution in [1.29, 1.82) is 0 Å². The lowest BCUT2D eigenvalue weighted by molar-refractivity contribution is 0.0228. The fourth-order valence-corrected chi connectivity index (χ4v) is 3.34. The van der Waals surface area contributed by atoms with Crippen molar-refractivity contribution in [3.8, 4) is 0 Å². The van der Waals surface area contributed by atoms with E-state index in [0.29, 0.717) is 18.4 Å². The highest BCUT2D eigenvalue weighted by Crippen LogP contribution is 2.37. The van der Waals surface area contributed by atoms with Gasteiger partial charge in [0.05, 0.1) is 23.4 Å². The Balaban J connectivity index is 1.59. The second-order valence-electron chi connectivity index (χ2n) is 6.50. The number of aliphatic hydroxyl groups excluding tert-OH is 1. The largest absolute Gasteiger partial charge is 0.393 e. The third-order valence-corrected chi connectivity index (χ3v) is 4.78. The first-order chi connectivity index (χ1) is 12.2. The van der Waals surface area contributed by atoms with Gasteiger partial charge < -0.3 is 10.4 Å². The minimum Gasteiger partial charge on any atom is -0.393 e. The molecular formula is C20H19N3O2. The van der Waals surface area contributed by atoms with Gasteiger partial charge in [-0.25, -0.2) is 0 Å². The molecule has 3 aromatic rings. The van der Waals surface area contributed by atoms with Crippen molar-refractivity contribution < 1.29 is 9.90 Å². The Labute approximate surface area is 145 Å². The van der Waals surface area contributed by atoms with E-state index >= 15 is 0 Å². The predicted molar refractivity (Wildman–Crippen MR) is 94.9 cm³/mol. The highest BCUT2D eigenvalue weighted by Gasteiger charge is 2.36. The van der Waals surface area contributed by atoms with Crippen molar-refractivity contribution in [3.63, 3.8) is 0 Å². The van der Waals surface area contributed by atoms with E-state index in [4.69, 9.17) is 0 Å². The number of rotatable bonds is 4. The molecule has 1 aliphatic rings. The molecule has 0 saturated heterocycles. The zero-order valence-corrected chi connectivity index (χ0v) is 13.7. The number of fused-ring (bicyclic) bond motifs is 1. The summed E-state index contributed by atoms with van der Waals surface area (Å²) in [6, 6.07) is 14.8. The lowest BCUT2D eigenvalue weighted by Crippen LogP contribution is -2.41. The van der Waals surface area contributed by atoms with Gasteiger partial charge in [-0.05, 0) is 55.2 Å². The maximum atomic E-state index is 12.8. The van der Waals surface area contributed by atoms with Gasteiger partial charge in [-0.1, -0.05) is 12.1 Å². The molecule has 0 spiro atoms. The van der Waals surface area contributed by atoms with Crippen LogP contribution >= 0.6 is 0 Å². The van der Waals surface area contributed by atoms with E-state index < -0.39 is 0 Å². The summed E-state index contributed by atoms with van der Waals surface area (Å²) in [4.78, 5) is 21.5. The van der Waals surface area contributed by atoms with E-state index in [1.807, 2.05) is 42.5 Å². The Morgan fingerprint density at radius 2 is 1.92 bits per heavy atom. The lowest BCUT2D eigenvalue weighted by atomic mass is 9.76. The third kappa shape index (κ3) is 3.23. The quantitative estimate of drug-likeness (QED) is 0.770. The first-order valence-corrected chi connectivity index (χ1v) is 8.45. The summed E-state index contributed by atoms with van der Waals surface area (Å²) in [6.07, 6.45) is 4.55. The number of benzene rings is 1. The highest BCUT2D eigenvalue weighted by atomic mass is 16.3. The molecule has 0 bridgehead atoms. The molecule has 1 amide bonds. The Kier molecular flexibility index (Phi) is 4.15. The number of nitrogens with zero attached hydrogens (tertiary/aromatic N) is 2. The number of carbonyl (C=O) groups is 1. The van der Waals surface area contributed by atoms with Crippen LogP contribution < -0.4 is 5.32 Å². The zero-order chi connectivity index (χ0) is 17.2. The fourth-order valence-electron chi connectivity index (χ4n) is 3.34. The Morgan fingerprint density at radius 3 is 2.68 bits per heavy atom. The smallest absolute Gasteiger partial charge is 0.251 e. The van der Waals surface area contributed by atoms with E-state index in [2.05, 4.69) is 15.3 Å². The second kappa shape index (κ2) is 6.61. The molecule has 1 aromatic carbocycles. The van der Waals surface area contributed by atoms with Crippen LogP contribution in [0.25, 0.3) is 10.9 Å². The van der Waals surface area contributed by atoms with Gasteiger partial charge in [-0.2, -0.15) is 0 Å². The second-order valence-corrected chi connectivity index (χ2v) is 6.50. The van der Waals surface area contributed by atoms with Crippen molar-refractivity contribution in [2.24, 2.45) is 5.92 Å². The number of aliphatic hydroxyl groups is 1. The average molecular weight is 333 g/mol. The van der Waals surface area contributed by atoms with Crippen molar-refractivity contribution in [2.75, 3.05) is 0 Å². The van der Waals surface area contributed by atoms with E-state index in [0.717, 1.165) is 16.6 Å². The van der Waals surface area contributed by atoms with Gasteiger partial charge >= 0.3 is 0 Å². The summed E-state index contributed by atoms with van der Waals surface area (Å²) in [5, 5.41) is 13.7. The van der Waals surface area contributed by atoms with Crippen LogP contribution in [0.3, 0.4) is 0 Å². The summed E-state index contributed by atoms with van der Waals surface area (Å²) in [5.74, 6) is 0.0683. The average Bonchev–Trinajstić information content (AvgIpc) is 2.64. The molecule has 0 unspecified atom stereocenters. The van der Waals surface area contributed by atoms with Crippen molar-refractivity contribution in [1.82, 2.24) is 15.3 Å². The fraction of sp³-hybridized carbons (Fsp3) is 0.250. The molecule has 2 N–H and O–H groups in total. The molecular weight excluding hydrogens is 314 g/mol. The van der Waals surface area contributed by atoms with E-state index in [1.165, 1.54) is 0 Å². The van der Waals surface area contributed by atoms with Gasteiger partial charge in [0.15, 0.2) is 0 Å². The Hall–Kier alpha value is -2.79. The minimum atomic E-state index is -0.278. The van der Waals surface area contributed by atoms with Crippen molar-refractivity contribution in [2.45, 2.75) is 25.0 Å². The van der Waals surface area contributed by atoms with Crippen LogP contribution in [0, 0.1) is 5.92 Å². The monoisotopic (exact) mass is 333 g/mol. The zero-order valence-electron chi connectivity index (χ0n) is 13.7. The first kappa shape index (κ1) is 15.7. The van der Waals surface area contributed by atoms with Crippen LogP contribution in [0.4, 0.5) is 0 Å². The maximum absolute atomic E-state index is 12.8. The van der Waals surface area contributed by atoms with Crippen LogP contribution in [-0.4, -0.2) is 27.1 Å². The summed E-state index contributed by atoms with van der Waals surface area (Å²) in [5.41, 5.74) is 2.29. The van der Waals surface area contributed by atoms with E-state index in [-0.39, 0.29) is 24.0 Å². The Bertz CT molecular complexity index is 892.